The van der Waals surface area contributed by atoms with Gasteiger partial charge >= 0.3 is 0 Å². The summed E-state index contributed by atoms with van der Waals surface area (Å²) in [7, 11) is 0. The molecule has 0 amide bonds. The molecule has 0 saturated heterocycles. The average molecular weight is 675 g/mol. The Bertz CT molecular complexity index is 3650. The molecule has 0 aliphatic rings. The van der Waals surface area contributed by atoms with Crippen LogP contribution in [-0.2, 0) is 0 Å². The number of benzene rings is 7. The van der Waals surface area contributed by atoms with Crippen molar-refractivity contribution < 1.29 is 24.7 Å². The minimum Gasteiger partial charge on any atom is -0.276 e. The van der Waals surface area contributed by atoms with Gasteiger partial charge in [0.15, 0.2) is 11.6 Å². The van der Waals surface area contributed by atoms with Gasteiger partial charge in [-0.05, 0) is 34.4 Å². The molecule has 0 atom stereocenters. The summed E-state index contributed by atoms with van der Waals surface area (Å²) in [6, 6.07) is 5.12. The van der Waals surface area contributed by atoms with Gasteiger partial charge in [0.05, 0.1) is 40.4 Å². The second-order valence-corrected chi connectivity index (χ2v) is 12.1. The van der Waals surface area contributed by atoms with Crippen molar-refractivity contribution in [2.24, 2.45) is 0 Å². The van der Waals surface area contributed by atoms with Crippen LogP contribution in [0.25, 0.3) is 93.0 Å². The van der Waals surface area contributed by atoms with E-state index in [2.05, 4.69) is 4.98 Å². The number of nitrogens with zero attached hydrogens (tertiary/aromatic N) is 4. The van der Waals surface area contributed by atoms with Crippen LogP contribution in [0.15, 0.2) is 169 Å². The molecule has 10 aromatic rings. The lowest BCUT2D eigenvalue weighted by atomic mass is 10.0. The van der Waals surface area contributed by atoms with Gasteiger partial charge in [0.2, 0.25) is 5.95 Å². The molecule has 0 unspecified atom stereocenters. The van der Waals surface area contributed by atoms with Gasteiger partial charge in [-0.25, -0.2) is 4.98 Å². The summed E-state index contributed by atoms with van der Waals surface area (Å²) in [6.07, 6.45) is 0. The van der Waals surface area contributed by atoms with Gasteiger partial charge in [0.25, 0.3) is 0 Å². The van der Waals surface area contributed by atoms with E-state index < -0.39 is 154 Å². The molecule has 0 aliphatic heterocycles. The largest absolute Gasteiger partial charge is 0.276 e. The highest BCUT2D eigenvalue weighted by Crippen LogP contribution is 2.42. The van der Waals surface area contributed by atoms with Crippen LogP contribution >= 0.6 is 11.3 Å². The Morgan fingerprint density at radius 1 is 0.440 bits per heavy atom. The van der Waals surface area contributed by atoms with Crippen LogP contribution in [0.5, 0.6) is 0 Å². The van der Waals surface area contributed by atoms with Crippen LogP contribution in [-0.4, -0.2) is 19.5 Å². The summed E-state index contributed by atoms with van der Waals surface area (Å²) in [5, 5.41) is 3.38. The summed E-state index contributed by atoms with van der Waals surface area (Å²) in [4.78, 5) is 14.1. The molecule has 10 rings (SSSR count). The molecule has 0 N–H and O–H groups in total. The van der Waals surface area contributed by atoms with E-state index >= 15 is 0 Å². The Labute approximate surface area is 317 Å². The number of hydrogen-bond donors (Lipinski definition) is 0. The van der Waals surface area contributed by atoms with Crippen LogP contribution in [0.2, 0.25) is 0 Å². The molecule has 234 valence electrons. The predicted octanol–water partition coefficient (Wildman–Crippen LogP) is 12.0. The third kappa shape index (κ3) is 4.71. The smallest absolute Gasteiger partial charge is 0.238 e. The molecular formula is C45H28N4S. The molecule has 3 heterocycles. The Balaban J connectivity index is 1.33. The first kappa shape index (κ1) is 15.9. The van der Waals surface area contributed by atoms with Gasteiger partial charge in [-0.15, -0.1) is 11.3 Å². The SMILES string of the molecule is [2H]c1c([2H])c([2H])c(-c2c([2H])c([2H])c(-c3nc(-c4c([2H])c([2H])c(-c5c([2H])c([2H])c([2H])c([2H])c5[2H])c([2H])c4[2H])nc(-n4c5ccccc5c5ccc6c7ccccc7sc6c54)n3)c([2H])c2[2H])c([2H])c1[2H]. The number of rotatable bonds is 5. The fraction of sp³-hybridized carbons (Fsp3) is 0. The fourth-order valence-corrected chi connectivity index (χ4v) is 7.22. The Morgan fingerprint density at radius 3 is 1.56 bits per heavy atom. The van der Waals surface area contributed by atoms with Crippen molar-refractivity contribution in [2.45, 2.75) is 0 Å². The third-order valence-corrected chi connectivity index (χ3v) is 9.39. The van der Waals surface area contributed by atoms with E-state index in [-0.39, 0.29) is 5.95 Å². The van der Waals surface area contributed by atoms with Crippen molar-refractivity contribution in [2.75, 3.05) is 0 Å². The monoisotopic (exact) mass is 674 g/mol. The minimum absolute atomic E-state index is 0.209. The maximum atomic E-state index is 9.31. The number of aromatic nitrogens is 4. The molecule has 3 aromatic heterocycles. The summed E-state index contributed by atoms with van der Waals surface area (Å²) in [5.74, 6) is -1.27. The number of thiophene rings is 1. The maximum absolute atomic E-state index is 9.31. The van der Waals surface area contributed by atoms with Gasteiger partial charge < -0.3 is 0 Å². The van der Waals surface area contributed by atoms with E-state index in [1.807, 2.05) is 48.5 Å². The quantitative estimate of drug-likeness (QED) is 0.182. The predicted molar refractivity (Wildman–Crippen MR) is 209 cm³/mol. The second kappa shape index (κ2) is 11.6. The number of fused-ring (bicyclic) bond motifs is 7. The van der Waals surface area contributed by atoms with Crippen LogP contribution in [0.4, 0.5) is 0 Å². The van der Waals surface area contributed by atoms with Crippen molar-refractivity contribution in [1.29, 1.82) is 0 Å². The van der Waals surface area contributed by atoms with Crippen LogP contribution in [0.1, 0.15) is 24.7 Å². The highest BCUT2D eigenvalue weighted by atomic mass is 32.1. The fourth-order valence-electron chi connectivity index (χ4n) is 5.98. The summed E-state index contributed by atoms with van der Waals surface area (Å²) in [6.45, 7) is 0. The van der Waals surface area contributed by atoms with E-state index in [1.165, 1.54) is 11.3 Å². The molecule has 4 nitrogen and oxygen atoms in total. The number of para-hydroxylation sites is 1. The molecule has 0 fully saturated rings. The summed E-state index contributed by atoms with van der Waals surface area (Å²) < 4.78 is 161. The zero-order valence-electron chi connectivity index (χ0n) is 43.5. The van der Waals surface area contributed by atoms with Crippen LogP contribution < -0.4 is 0 Å². The number of hydrogen-bond acceptors (Lipinski definition) is 4. The van der Waals surface area contributed by atoms with Crippen molar-refractivity contribution in [3.05, 3.63) is 169 Å². The molecule has 0 radical (unpaired) electrons. The van der Waals surface area contributed by atoms with Crippen LogP contribution in [0, 0.1) is 0 Å². The van der Waals surface area contributed by atoms with Gasteiger partial charge in [-0.1, -0.05) is 157 Å². The van der Waals surface area contributed by atoms with E-state index in [9.17, 15) is 5.48 Å². The highest BCUT2D eigenvalue weighted by Gasteiger charge is 2.21. The van der Waals surface area contributed by atoms with Gasteiger partial charge in [-0.3, -0.25) is 4.57 Å². The zero-order valence-corrected chi connectivity index (χ0v) is 26.3. The van der Waals surface area contributed by atoms with Gasteiger partial charge in [-0.2, -0.15) is 9.97 Å². The maximum Gasteiger partial charge on any atom is 0.238 e. The first-order valence-electron chi connectivity index (χ1n) is 24.2. The molecular weight excluding hydrogens is 629 g/mol. The zero-order chi connectivity index (χ0) is 48.7. The van der Waals surface area contributed by atoms with Crippen LogP contribution in [0.3, 0.4) is 0 Å². The molecule has 50 heavy (non-hydrogen) atoms. The van der Waals surface area contributed by atoms with E-state index in [1.54, 1.807) is 16.7 Å². The highest BCUT2D eigenvalue weighted by molar-refractivity contribution is 7.26. The normalized spacial score (nSPS) is 16.6. The first-order valence-corrected chi connectivity index (χ1v) is 16.1. The minimum atomic E-state index is -0.806. The molecule has 0 aliphatic carbocycles. The Kier molecular flexibility index (Phi) is 3.68. The van der Waals surface area contributed by atoms with Crippen molar-refractivity contribution >= 4 is 53.3 Å². The van der Waals surface area contributed by atoms with E-state index in [0.29, 0.717) is 11.0 Å². The summed E-state index contributed by atoms with van der Waals surface area (Å²) >= 11 is 1.49. The molecule has 7 aromatic carbocycles. The van der Waals surface area contributed by atoms with Crippen molar-refractivity contribution in [3.63, 3.8) is 0 Å². The van der Waals surface area contributed by atoms with Crippen molar-refractivity contribution in [3.8, 4) is 51.0 Å². The first-order chi connectivity index (χ1) is 32.3. The Morgan fingerprint density at radius 2 is 0.940 bits per heavy atom. The van der Waals surface area contributed by atoms with E-state index in [4.69, 9.17) is 29.2 Å². The molecule has 0 saturated carbocycles. The average Bonchev–Trinajstić information content (AvgIpc) is 3.88. The van der Waals surface area contributed by atoms with Gasteiger partial charge in [0.1, 0.15) is 0 Å². The topological polar surface area (TPSA) is 43.6 Å². The van der Waals surface area contributed by atoms with Gasteiger partial charge in [0, 0.05) is 37.4 Å². The standard InChI is InChI=1S/C45H28N4S/c1-3-11-29(12-4-1)31-19-23-33(24-20-31)43-46-44(34-25-21-32(22-26-34)30-13-5-2-6-14-30)48-45(47-43)49-39-17-9-7-15-35(39)37-27-28-38-36-16-8-10-18-40(36)50-42(38)41(37)49/h1-28H/i1D,2D,3D,4D,5D,6D,11D,12D,13D,14D,19D,20D,21D,22D,23D,24D,25D,26D. The molecule has 0 spiro atoms. The third-order valence-electron chi connectivity index (χ3n) is 8.20. The molecule has 0 bridgehead atoms. The lowest BCUT2D eigenvalue weighted by Gasteiger charge is -2.12. The lowest BCUT2D eigenvalue weighted by Crippen LogP contribution is -2.06. The van der Waals surface area contributed by atoms with E-state index in [0.717, 1.165) is 30.9 Å². The molecule has 5 heteroatoms. The Hall–Kier alpha value is -6.43. The van der Waals surface area contributed by atoms with Crippen molar-refractivity contribution in [1.82, 2.24) is 19.5 Å². The summed E-state index contributed by atoms with van der Waals surface area (Å²) in [5.41, 5.74) is -2.24. The second-order valence-electron chi connectivity index (χ2n) is 11.1. The lowest BCUT2D eigenvalue weighted by molar-refractivity contribution is 0.955.